The second kappa shape index (κ2) is 4.14. The number of anilines is 1. The van der Waals surface area contributed by atoms with Gasteiger partial charge in [0.05, 0.1) is 6.07 Å². The van der Waals surface area contributed by atoms with E-state index in [1.807, 2.05) is 50.6 Å². The Hall–Kier alpha value is -2.36. The molecule has 0 atom stereocenters. The fraction of sp³-hybridized carbons (Fsp3) is 0.143. The van der Waals surface area contributed by atoms with E-state index in [0.717, 1.165) is 17.0 Å². The van der Waals surface area contributed by atoms with E-state index < -0.39 is 0 Å². The van der Waals surface area contributed by atoms with Crippen molar-refractivity contribution in [1.29, 1.82) is 0 Å². The molecule has 90 valence electrons. The first-order chi connectivity index (χ1) is 8.74. The van der Waals surface area contributed by atoms with Gasteiger partial charge in [-0.25, -0.2) is 0 Å². The molecule has 1 aromatic carbocycles. The third-order valence-corrected chi connectivity index (χ3v) is 2.83. The molecule has 0 saturated carbocycles. The van der Waals surface area contributed by atoms with Crippen molar-refractivity contribution >= 4 is 11.4 Å². The van der Waals surface area contributed by atoms with Crippen molar-refractivity contribution in [3.63, 3.8) is 0 Å². The number of fused-ring (bicyclic) bond motifs is 1. The van der Waals surface area contributed by atoms with E-state index in [1.165, 1.54) is 0 Å². The van der Waals surface area contributed by atoms with E-state index in [9.17, 15) is 0 Å². The van der Waals surface area contributed by atoms with Crippen molar-refractivity contribution in [2.24, 2.45) is 0 Å². The molecular weight excluding hydrogens is 226 g/mol. The fourth-order valence-electron chi connectivity index (χ4n) is 1.82. The van der Waals surface area contributed by atoms with Crippen LogP contribution in [0.1, 0.15) is 0 Å². The minimum atomic E-state index is 0.631. The van der Waals surface area contributed by atoms with Crippen LogP contribution in [0.2, 0.25) is 0 Å². The number of rotatable bonds is 2. The summed E-state index contributed by atoms with van der Waals surface area (Å²) in [6, 6.07) is 13.9. The number of hydrogen-bond donors (Lipinski definition) is 0. The largest absolute Gasteiger partial charge is 0.406 e. The van der Waals surface area contributed by atoms with Crippen LogP contribution in [-0.4, -0.2) is 19.2 Å². The lowest BCUT2D eigenvalue weighted by Gasteiger charge is -2.11. The summed E-state index contributed by atoms with van der Waals surface area (Å²) in [6.45, 7) is 0. The number of aromatic nitrogens is 2. The van der Waals surface area contributed by atoms with E-state index in [4.69, 9.17) is 4.42 Å². The van der Waals surface area contributed by atoms with Crippen LogP contribution < -0.4 is 9.42 Å². The highest BCUT2D eigenvalue weighted by molar-refractivity contribution is 5.59. The molecule has 0 aliphatic rings. The van der Waals surface area contributed by atoms with E-state index in [1.54, 1.807) is 4.52 Å². The van der Waals surface area contributed by atoms with Crippen molar-refractivity contribution < 1.29 is 8.93 Å². The zero-order valence-corrected chi connectivity index (χ0v) is 10.4. The molecule has 4 heteroatoms. The molecule has 0 fully saturated rings. The normalized spacial score (nSPS) is 10.8. The molecular formula is C14H14N3O+. The highest BCUT2D eigenvalue weighted by atomic mass is 16.4. The molecule has 2 aromatic heterocycles. The predicted molar refractivity (Wildman–Crippen MR) is 69.4 cm³/mol. The average Bonchev–Trinajstić information content (AvgIpc) is 2.82. The molecule has 0 unspecified atom stereocenters. The zero-order chi connectivity index (χ0) is 12.5. The van der Waals surface area contributed by atoms with Crippen LogP contribution in [0.15, 0.2) is 53.1 Å². The third-order valence-electron chi connectivity index (χ3n) is 2.83. The molecule has 3 rings (SSSR count). The summed E-state index contributed by atoms with van der Waals surface area (Å²) in [5.74, 6) is 0.631. The quantitative estimate of drug-likeness (QED) is 0.643. The van der Waals surface area contributed by atoms with Gasteiger partial charge in [0, 0.05) is 36.5 Å². The van der Waals surface area contributed by atoms with Crippen LogP contribution in [0, 0.1) is 0 Å². The van der Waals surface area contributed by atoms with Crippen LogP contribution in [0.25, 0.3) is 17.2 Å². The van der Waals surface area contributed by atoms with Crippen LogP contribution >= 0.6 is 0 Å². The van der Waals surface area contributed by atoms with Gasteiger partial charge in [0.15, 0.2) is 0 Å². The lowest BCUT2D eigenvalue weighted by atomic mass is 10.2. The van der Waals surface area contributed by atoms with Crippen molar-refractivity contribution in [1.82, 2.24) is 5.10 Å². The van der Waals surface area contributed by atoms with Gasteiger partial charge in [-0.05, 0) is 34.8 Å². The zero-order valence-electron chi connectivity index (χ0n) is 10.4. The smallest absolute Gasteiger partial charge is 0.378 e. The number of benzene rings is 1. The average molecular weight is 240 g/mol. The Morgan fingerprint density at radius 3 is 2.50 bits per heavy atom. The standard InChI is InChI=1S/C14H14N3O/c1-16(2)12-8-6-11(7-9-12)14-15-17-10-4-3-5-13(17)18-14/h3-10H,1-2H3/q+1. The first-order valence-electron chi connectivity index (χ1n) is 5.79. The predicted octanol–water partition coefficient (Wildman–Crippen LogP) is 2.15. The minimum Gasteiger partial charge on any atom is -0.378 e. The van der Waals surface area contributed by atoms with Gasteiger partial charge in [0.1, 0.15) is 0 Å². The highest BCUT2D eigenvalue weighted by Gasteiger charge is 2.14. The summed E-state index contributed by atoms with van der Waals surface area (Å²) in [5, 5.41) is 4.39. The second-order valence-corrected chi connectivity index (χ2v) is 4.33. The summed E-state index contributed by atoms with van der Waals surface area (Å²) < 4.78 is 7.42. The molecule has 4 nitrogen and oxygen atoms in total. The molecule has 18 heavy (non-hydrogen) atoms. The van der Waals surface area contributed by atoms with E-state index in [2.05, 4.69) is 22.1 Å². The van der Waals surface area contributed by atoms with Gasteiger partial charge >= 0.3 is 5.71 Å². The SMILES string of the molecule is CN(C)c1ccc(-c2n[n+]3ccccc3o2)cc1. The van der Waals surface area contributed by atoms with Crippen molar-refractivity contribution in [3.05, 3.63) is 48.7 Å². The Balaban J connectivity index is 2.03. The van der Waals surface area contributed by atoms with Crippen LogP contribution in [-0.2, 0) is 0 Å². The molecule has 0 N–H and O–H groups in total. The summed E-state index contributed by atoms with van der Waals surface area (Å²) >= 11 is 0. The van der Waals surface area contributed by atoms with E-state index in [0.29, 0.717) is 5.89 Å². The maximum Gasteiger partial charge on any atom is 0.406 e. The molecule has 0 bridgehead atoms. The first-order valence-corrected chi connectivity index (χ1v) is 5.79. The number of hydrogen-bond acceptors (Lipinski definition) is 3. The first kappa shape index (κ1) is 10.8. The molecule has 0 aliphatic heterocycles. The summed E-state index contributed by atoms with van der Waals surface area (Å²) in [7, 11) is 4.04. The Morgan fingerprint density at radius 1 is 1.06 bits per heavy atom. The van der Waals surface area contributed by atoms with Gasteiger partial charge in [-0.2, -0.15) is 0 Å². The van der Waals surface area contributed by atoms with Gasteiger partial charge in [-0.15, -0.1) is 0 Å². The van der Waals surface area contributed by atoms with E-state index >= 15 is 0 Å². The van der Waals surface area contributed by atoms with Gasteiger partial charge < -0.3 is 9.32 Å². The van der Waals surface area contributed by atoms with Gasteiger partial charge in [0.2, 0.25) is 6.20 Å². The van der Waals surface area contributed by atoms with Crippen molar-refractivity contribution in [3.8, 4) is 11.5 Å². The number of nitrogens with zero attached hydrogens (tertiary/aromatic N) is 3. The van der Waals surface area contributed by atoms with Crippen LogP contribution in [0.5, 0.6) is 0 Å². The van der Waals surface area contributed by atoms with Gasteiger partial charge in [-0.1, -0.05) is 0 Å². The fourth-order valence-corrected chi connectivity index (χ4v) is 1.82. The minimum absolute atomic E-state index is 0.631. The highest BCUT2D eigenvalue weighted by Crippen LogP contribution is 2.20. The molecule has 0 spiro atoms. The van der Waals surface area contributed by atoms with E-state index in [-0.39, 0.29) is 0 Å². The lowest BCUT2D eigenvalue weighted by molar-refractivity contribution is -0.579. The Labute approximate surface area is 105 Å². The number of pyridine rings is 1. The van der Waals surface area contributed by atoms with Crippen molar-refractivity contribution in [2.75, 3.05) is 19.0 Å². The Morgan fingerprint density at radius 2 is 1.83 bits per heavy atom. The molecule has 0 amide bonds. The second-order valence-electron chi connectivity index (χ2n) is 4.33. The van der Waals surface area contributed by atoms with Gasteiger partial charge in [-0.3, -0.25) is 0 Å². The lowest BCUT2D eigenvalue weighted by Crippen LogP contribution is -2.21. The van der Waals surface area contributed by atoms with Gasteiger partial charge in [0.25, 0.3) is 5.89 Å². The molecule has 3 aromatic rings. The Kier molecular flexibility index (Phi) is 2.48. The maximum atomic E-state index is 5.69. The van der Waals surface area contributed by atoms with Crippen molar-refractivity contribution in [2.45, 2.75) is 0 Å². The molecule has 0 aliphatic carbocycles. The summed E-state index contributed by atoms with van der Waals surface area (Å²) in [5.41, 5.74) is 2.87. The molecule has 0 radical (unpaired) electrons. The topological polar surface area (TPSA) is 33.4 Å². The monoisotopic (exact) mass is 240 g/mol. The summed E-state index contributed by atoms with van der Waals surface area (Å²) in [6.07, 6.45) is 1.87. The van der Waals surface area contributed by atoms with Crippen LogP contribution in [0.3, 0.4) is 0 Å². The maximum absolute atomic E-state index is 5.69. The molecule has 2 heterocycles. The van der Waals surface area contributed by atoms with Crippen LogP contribution in [0.4, 0.5) is 5.69 Å². The molecule has 0 saturated heterocycles. The summed E-state index contributed by atoms with van der Waals surface area (Å²) in [4.78, 5) is 2.06. The Bertz CT molecular complexity index is 638. The third kappa shape index (κ3) is 1.82.